The number of rotatable bonds is 69. The number of carbonyl (C=O) groups excluding carboxylic acids is 4. The first-order valence-corrected chi connectivity index (χ1v) is 39.8. The molecule has 0 aromatic carbocycles. The molecule has 0 aromatic rings. The molecule has 0 amide bonds. The van der Waals surface area contributed by atoms with Gasteiger partial charge in [-0.15, -0.1) is 0 Å². The minimum absolute atomic E-state index is 0.0681. The van der Waals surface area contributed by atoms with Crippen LogP contribution in [-0.4, -0.2) is 96.7 Å². The molecule has 0 rings (SSSR count). The summed E-state index contributed by atoms with van der Waals surface area (Å²) in [7, 11) is -9.96. The number of ether oxygens (including phenoxy) is 4. The monoisotopic (exact) mass is 1370 g/mol. The number of carbonyl (C=O) groups is 4. The van der Waals surface area contributed by atoms with Crippen molar-refractivity contribution < 1.29 is 80.2 Å². The Morgan fingerprint density at radius 3 is 0.989 bits per heavy atom. The van der Waals surface area contributed by atoms with Crippen LogP contribution >= 0.6 is 15.6 Å². The van der Waals surface area contributed by atoms with Crippen LogP contribution in [0.2, 0.25) is 0 Å². The second-order valence-electron chi connectivity index (χ2n) is 24.5. The van der Waals surface area contributed by atoms with Crippen LogP contribution in [0.4, 0.5) is 0 Å². The second kappa shape index (κ2) is 67.8. The molecule has 0 aliphatic heterocycles. The average Bonchev–Trinajstić information content (AvgIpc) is 1.35. The van der Waals surface area contributed by atoms with E-state index in [4.69, 9.17) is 37.0 Å². The number of hydrogen-bond donors (Lipinski definition) is 3. The Kier molecular flexibility index (Phi) is 65.1. The van der Waals surface area contributed by atoms with Gasteiger partial charge in [0, 0.05) is 19.3 Å². The number of allylic oxidation sites excluding steroid dienone is 13. The lowest BCUT2D eigenvalue weighted by Gasteiger charge is -2.21. The van der Waals surface area contributed by atoms with Gasteiger partial charge >= 0.3 is 39.5 Å². The highest BCUT2D eigenvalue weighted by Gasteiger charge is 2.30. The summed E-state index contributed by atoms with van der Waals surface area (Å²) in [4.78, 5) is 72.6. The van der Waals surface area contributed by atoms with Crippen molar-refractivity contribution in [3.63, 3.8) is 0 Å². The van der Waals surface area contributed by atoms with Crippen molar-refractivity contribution in [3.05, 3.63) is 85.1 Å². The maximum absolute atomic E-state index is 13.0. The van der Waals surface area contributed by atoms with E-state index in [0.29, 0.717) is 25.7 Å². The van der Waals surface area contributed by atoms with E-state index in [2.05, 4.69) is 88.5 Å². The molecule has 544 valence electrons. The Bertz CT molecular complexity index is 2120. The molecule has 0 radical (unpaired) electrons. The third-order valence-corrected chi connectivity index (χ3v) is 17.3. The first-order chi connectivity index (χ1) is 45.7. The van der Waals surface area contributed by atoms with E-state index in [-0.39, 0.29) is 25.7 Å². The number of phosphoric acid groups is 2. The molecule has 0 spiro atoms. The lowest BCUT2D eigenvalue weighted by molar-refractivity contribution is -0.161. The van der Waals surface area contributed by atoms with E-state index in [1.54, 1.807) is 6.08 Å². The minimum Gasteiger partial charge on any atom is -0.462 e. The highest BCUT2D eigenvalue weighted by Crippen LogP contribution is 2.45. The zero-order valence-corrected chi connectivity index (χ0v) is 60.9. The zero-order chi connectivity index (χ0) is 69.0. The maximum Gasteiger partial charge on any atom is 0.472 e. The predicted octanol–water partition coefficient (Wildman–Crippen LogP) is 20.7. The highest BCUT2D eigenvalue weighted by atomic mass is 31.2. The number of aliphatic hydroxyl groups excluding tert-OH is 1. The number of hydrogen-bond acceptors (Lipinski definition) is 15. The fourth-order valence-electron chi connectivity index (χ4n) is 9.80. The van der Waals surface area contributed by atoms with Gasteiger partial charge in [-0.05, 0) is 77.0 Å². The fourth-order valence-corrected chi connectivity index (χ4v) is 11.4. The maximum atomic E-state index is 13.0. The summed E-state index contributed by atoms with van der Waals surface area (Å²) in [5, 5.41) is 10.6. The molecule has 0 aliphatic carbocycles. The van der Waals surface area contributed by atoms with Crippen molar-refractivity contribution in [2.75, 3.05) is 39.6 Å². The SMILES string of the molecule is CC/C=C\C/C=C\C/C=C\C/C=C\C/C=C\CC(=O)OCC(COP(=O)(O)OCC(O)COP(=O)(O)OCC(COC(=O)CCCCCCCCCCCCCCCCC)OC(=O)CCCCCCC/C=C\C/C=C\CCC)OC(=O)CCCCCCCCCCCCC. The molecule has 0 heterocycles. The van der Waals surface area contributed by atoms with Gasteiger partial charge in [0.2, 0.25) is 0 Å². The van der Waals surface area contributed by atoms with Crippen LogP contribution in [0.1, 0.15) is 310 Å². The molecule has 17 nitrogen and oxygen atoms in total. The van der Waals surface area contributed by atoms with Gasteiger partial charge in [0.1, 0.15) is 19.3 Å². The molecule has 3 N–H and O–H groups in total. The summed E-state index contributed by atoms with van der Waals surface area (Å²) in [6.45, 7) is 4.58. The summed E-state index contributed by atoms with van der Waals surface area (Å²) >= 11 is 0. The first-order valence-electron chi connectivity index (χ1n) is 36.8. The molecule has 94 heavy (non-hydrogen) atoms. The molecular formula is C75H132O17P2. The molecule has 0 aliphatic rings. The van der Waals surface area contributed by atoms with Gasteiger partial charge in [-0.2, -0.15) is 0 Å². The Morgan fingerprint density at radius 1 is 0.319 bits per heavy atom. The molecule has 5 atom stereocenters. The Morgan fingerprint density at radius 2 is 0.617 bits per heavy atom. The first kappa shape index (κ1) is 90.2. The van der Waals surface area contributed by atoms with E-state index in [0.717, 1.165) is 122 Å². The summed E-state index contributed by atoms with van der Waals surface area (Å²) < 4.78 is 68.2. The third-order valence-electron chi connectivity index (χ3n) is 15.4. The average molecular weight is 1370 g/mol. The minimum atomic E-state index is -4.98. The van der Waals surface area contributed by atoms with Crippen molar-refractivity contribution in [1.29, 1.82) is 0 Å². The van der Waals surface area contributed by atoms with E-state index in [1.807, 2.05) is 18.2 Å². The van der Waals surface area contributed by atoms with Crippen molar-refractivity contribution >= 4 is 39.5 Å². The van der Waals surface area contributed by atoms with Gasteiger partial charge in [-0.1, -0.05) is 293 Å². The van der Waals surface area contributed by atoms with E-state index >= 15 is 0 Å². The Balaban J connectivity index is 5.36. The molecule has 0 aromatic heterocycles. The van der Waals surface area contributed by atoms with E-state index in [1.165, 1.54) is 109 Å². The van der Waals surface area contributed by atoms with Crippen molar-refractivity contribution in [3.8, 4) is 0 Å². The van der Waals surface area contributed by atoms with Crippen LogP contribution in [0.5, 0.6) is 0 Å². The molecule has 19 heteroatoms. The molecule has 0 bridgehead atoms. The molecule has 0 saturated heterocycles. The van der Waals surface area contributed by atoms with E-state index < -0.39 is 97.5 Å². The van der Waals surface area contributed by atoms with Crippen LogP contribution in [0, 0.1) is 0 Å². The summed E-state index contributed by atoms with van der Waals surface area (Å²) in [5.74, 6) is -2.32. The lowest BCUT2D eigenvalue weighted by atomic mass is 10.0. The fraction of sp³-hybridized carbons (Fsp3) is 0.760. The Labute approximate surface area is 570 Å². The van der Waals surface area contributed by atoms with Crippen molar-refractivity contribution in [2.45, 2.75) is 329 Å². The van der Waals surface area contributed by atoms with Crippen LogP contribution in [0.3, 0.4) is 0 Å². The smallest absolute Gasteiger partial charge is 0.462 e. The number of unbranched alkanes of at least 4 members (excludes halogenated alkanes) is 30. The third kappa shape index (κ3) is 66.8. The Hall–Kier alpha value is -3.76. The number of phosphoric ester groups is 2. The van der Waals surface area contributed by atoms with Crippen LogP contribution in [0.15, 0.2) is 85.1 Å². The number of aliphatic hydroxyl groups is 1. The summed E-state index contributed by atoms with van der Waals surface area (Å²) in [6, 6.07) is 0. The summed E-state index contributed by atoms with van der Waals surface area (Å²) in [5.41, 5.74) is 0. The largest absolute Gasteiger partial charge is 0.472 e. The lowest BCUT2D eigenvalue weighted by Crippen LogP contribution is -2.30. The molecule has 5 unspecified atom stereocenters. The summed E-state index contributed by atoms with van der Waals surface area (Å²) in [6.07, 6.45) is 67.6. The van der Waals surface area contributed by atoms with Gasteiger partial charge < -0.3 is 33.8 Å². The second-order valence-corrected chi connectivity index (χ2v) is 27.4. The van der Waals surface area contributed by atoms with Gasteiger partial charge in [0.25, 0.3) is 0 Å². The molecular weight excluding hydrogens is 1230 g/mol. The number of esters is 4. The van der Waals surface area contributed by atoms with Crippen molar-refractivity contribution in [1.82, 2.24) is 0 Å². The van der Waals surface area contributed by atoms with Gasteiger partial charge in [0.15, 0.2) is 12.2 Å². The standard InChI is InChI=1S/C75H132O17P2/c1-5-9-13-17-21-25-29-32-34-37-40-43-47-51-55-59-72(77)85-65-70(91-74(79)61-57-53-49-45-39-28-24-20-16-12-8-4)67-89-93(81,82)87-63-69(76)64-88-94(83,84)90-68-71(92-75(80)62-58-54-50-46-42-36-31-27-23-19-15-11-7-3)66-86-73(78)60-56-52-48-44-41-38-35-33-30-26-22-18-14-10-6-2/h9,13,15,19,21,25,27,31-32,34,40,43,51,55,69-71,76H,5-8,10-12,14,16-18,20,22-24,26,28-30,33,35-39,41-42,44-50,52-54,56-68H2,1-4H3,(H,81,82)(H,83,84)/b13-9-,19-15-,25-21-,31-27-,34-32-,43-40-,55-51-. The normalized spacial score (nSPS) is 14.5. The van der Waals surface area contributed by atoms with Crippen LogP contribution < -0.4 is 0 Å². The highest BCUT2D eigenvalue weighted by molar-refractivity contribution is 7.47. The van der Waals surface area contributed by atoms with Crippen LogP contribution in [-0.2, 0) is 65.4 Å². The molecule has 0 fully saturated rings. The van der Waals surface area contributed by atoms with Gasteiger partial charge in [-0.25, -0.2) is 9.13 Å². The quantitative estimate of drug-likeness (QED) is 0.0169. The van der Waals surface area contributed by atoms with Crippen molar-refractivity contribution in [2.24, 2.45) is 0 Å². The topological polar surface area (TPSA) is 237 Å². The molecule has 0 saturated carbocycles. The zero-order valence-electron chi connectivity index (χ0n) is 59.1. The van der Waals surface area contributed by atoms with Crippen LogP contribution in [0.25, 0.3) is 0 Å². The van der Waals surface area contributed by atoms with Gasteiger partial charge in [0.05, 0.1) is 32.8 Å². The predicted molar refractivity (Wildman–Crippen MR) is 381 cm³/mol. The van der Waals surface area contributed by atoms with Gasteiger partial charge in [-0.3, -0.25) is 37.3 Å². The van der Waals surface area contributed by atoms with E-state index in [9.17, 15) is 43.2 Å².